The summed E-state index contributed by atoms with van der Waals surface area (Å²) in [6, 6.07) is 21.8. The number of alkyl carbamates (subject to hydrolysis) is 1. The molecule has 0 aromatic heterocycles. The summed E-state index contributed by atoms with van der Waals surface area (Å²) in [5, 5.41) is 6.63. The third-order valence-electron chi connectivity index (χ3n) is 5.30. The van der Waals surface area contributed by atoms with Crippen molar-refractivity contribution in [3.05, 3.63) is 94.0 Å². The van der Waals surface area contributed by atoms with Gasteiger partial charge in [-0.15, -0.1) is 0 Å². The number of halogens is 1. The van der Waals surface area contributed by atoms with Crippen LogP contribution in [0.25, 0.3) is 0 Å². The fraction of sp³-hybridized carbons (Fsp3) is 0.300. The maximum absolute atomic E-state index is 12.9. The first-order chi connectivity index (χ1) is 19.1. The molecule has 3 aromatic rings. The van der Waals surface area contributed by atoms with Crippen molar-refractivity contribution >= 4 is 34.1 Å². The molecule has 2 amide bonds. The summed E-state index contributed by atoms with van der Waals surface area (Å²) in [6.07, 6.45) is 0.722. The lowest BCUT2D eigenvalue weighted by molar-refractivity contribution is -0.124. The van der Waals surface area contributed by atoms with Crippen LogP contribution < -0.4 is 20.2 Å². The van der Waals surface area contributed by atoms with Crippen LogP contribution in [0.3, 0.4) is 0 Å². The van der Waals surface area contributed by atoms with Gasteiger partial charge in [0.2, 0.25) is 0 Å². The van der Waals surface area contributed by atoms with E-state index in [0.29, 0.717) is 28.1 Å². The molecule has 0 saturated heterocycles. The lowest BCUT2D eigenvalue weighted by atomic mass is 10.2. The van der Waals surface area contributed by atoms with Gasteiger partial charge in [0.25, 0.3) is 5.91 Å². The number of hydrogen-bond donors (Lipinski definition) is 2. The number of nitrogens with zero attached hydrogens (tertiary/aromatic N) is 1. The van der Waals surface area contributed by atoms with Crippen LogP contribution >= 0.6 is 15.9 Å². The molecular formula is C30H34BrN3O6. The SMILES string of the molecule is COc1cc(/C=N\NC(=O)[C@H](COCc2ccccc2)NC(=O)OC(C)(C)C)c(Br)cc1OCc1ccccc1. The van der Waals surface area contributed by atoms with Gasteiger partial charge in [0.05, 0.1) is 26.5 Å². The lowest BCUT2D eigenvalue weighted by Gasteiger charge is -2.22. The summed E-state index contributed by atoms with van der Waals surface area (Å²) in [4.78, 5) is 25.3. The van der Waals surface area contributed by atoms with E-state index >= 15 is 0 Å². The van der Waals surface area contributed by atoms with Gasteiger partial charge in [-0.25, -0.2) is 10.2 Å². The molecule has 0 bridgehead atoms. The normalized spacial score (nSPS) is 12.0. The third-order valence-corrected chi connectivity index (χ3v) is 5.99. The van der Waals surface area contributed by atoms with Crippen LogP contribution in [0.15, 0.2) is 82.4 Å². The average Bonchev–Trinajstić information content (AvgIpc) is 2.92. The van der Waals surface area contributed by atoms with Crippen molar-refractivity contribution in [2.24, 2.45) is 5.10 Å². The predicted octanol–water partition coefficient (Wildman–Crippen LogP) is 5.60. The molecule has 10 heteroatoms. The van der Waals surface area contributed by atoms with E-state index in [2.05, 4.69) is 31.8 Å². The number of amides is 2. The van der Waals surface area contributed by atoms with Gasteiger partial charge < -0.3 is 24.3 Å². The fourth-order valence-corrected chi connectivity index (χ4v) is 3.83. The van der Waals surface area contributed by atoms with Gasteiger partial charge in [-0.3, -0.25) is 4.79 Å². The molecule has 0 aliphatic heterocycles. The molecular weight excluding hydrogens is 578 g/mol. The van der Waals surface area contributed by atoms with Crippen molar-refractivity contribution in [2.75, 3.05) is 13.7 Å². The maximum atomic E-state index is 12.9. The number of hydrazone groups is 1. The highest BCUT2D eigenvalue weighted by atomic mass is 79.9. The minimum atomic E-state index is -1.04. The van der Waals surface area contributed by atoms with Crippen molar-refractivity contribution in [1.29, 1.82) is 0 Å². The monoisotopic (exact) mass is 611 g/mol. The minimum absolute atomic E-state index is 0.0829. The van der Waals surface area contributed by atoms with Crippen LogP contribution in [0.1, 0.15) is 37.5 Å². The second kappa shape index (κ2) is 15.0. The van der Waals surface area contributed by atoms with E-state index in [4.69, 9.17) is 18.9 Å². The average molecular weight is 613 g/mol. The topological polar surface area (TPSA) is 107 Å². The van der Waals surface area contributed by atoms with E-state index in [-0.39, 0.29) is 13.2 Å². The fourth-order valence-electron chi connectivity index (χ4n) is 3.40. The molecule has 40 heavy (non-hydrogen) atoms. The molecule has 212 valence electrons. The standard InChI is InChI=1S/C30H34BrN3O6/c1-30(2,3)40-29(36)33-25(20-38-18-21-11-7-5-8-12-21)28(35)34-32-17-23-15-26(37-4)27(16-24(23)31)39-19-22-13-9-6-10-14-22/h5-17,25H,18-20H2,1-4H3,(H,33,36)(H,34,35)/b32-17-/t25-/m0/s1. The Bertz CT molecular complexity index is 1280. The summed E-state index contributed by atoms with van der Waals surface area (Å²) in [5.74, 6) is 0.489. The van der Waals surface area contributed by atoms with Gasteiger partial charge in [0, 0.05) is 10.0 Å². The summed E-state index contributed by atoms with van der Waals surface area (Å²) < 4.78 is 23.1. The summed E-state index contributed by atoms with van der Waals surface area (Å²) in [6.45, 7) is 5.78. The zero-order chi connectivity index (χ0) is 29.0. The molecule has 0 spiro atoms. The zero-order valence-corrected chi connectivity index (χ0v) is 24.6. The van der Waals surface area contributed by atoms with E-state index in [1.54, 1.807) is 40.0 Å². The molecule has 0 aliphatic carbocycles. The molecule has 0 heterocycles. The Morgan fingerprint density at radius 2 is 1.57 bits per heavy atom. The van der Waals surface area contributed by atoms with Gasteiger partial charge in [-0.05, 0) is 60.0 Å². The Morgan fingerprint density at radius 3 is 2.17 bits per heavy atom. The summed E-state index contributed by atoms with van der Waals surface area (Å²) in [5.41, 5.74) is 4.34. The van der Waals surface area contributed by atoms with Crippen molar-refractivity contribution < 1.29 is 28.5 Å². The number of hydrogen-bond acceptors (Lipinski definition) is 7. The van der Waals surface area contributed by atoms with Crippen LogP contribution in [0.2, 0.25) is 0 Å². The molecule has 1 atom stereocenters. The van der Waals surface area contributed by atoms with Gasteiger partial charge in [0.1, 0.15) is 18.2 Å². The number of benzene rings is 3. The van der Waals surface area contributed by atoms with Crippen LogP contribution in [0.5, 0.6) is 11.5 Å². The molecule has 0 radical (unpaired) electrons. The van der Waals surface area contributed by atoms with E-state index in [9.17, 15) is 9.59 Å². The van der Waals surface area contributed by atoms with E-state index in [1.807, 2.05) is 60.7 Å². The Labute approximate surface area is 243 Å². The van der Waals surface area contributed by atoms with Crippen molar-refractivity contribution in [3.63, 3.8) is 0 Å². The second-order valence-corrected chi connectivity index (χ2v) is 10.6. The van der Waals surface area contributed by atoms with E-state index < -0.39 is 23.6 Å². The highest BCUT2D eigenvalue weighted by Crippen LogP contribution is 2.33. The van der Waals surface area contributed by atoms with Gasteiger partial charge in [-0.2, -0.15) is 5.10 Å². The molecule has 9 nitrogen and oxygen atoms in total. The quantitative estimate of drug-likeness (QED) is 0.204. The lowest BCUT2D eigenvalue weighted by Crippen LogP contribution is -2.49. The first-order valence-corrected chi connectivity index (χ1v) is 13.4. The number of methoxy groups -OCH3 is 1. The van der Waals surface area contributed by atoms with Crippen LogP contribution in [-0.2, 0) is 27.5 Å². The Kier molecular flexibility index (Phi) is 11.5. The van der Waals surface area contributed by atoms with Crippen LogP contribution in [-0.4, -0.2) is 43.6 Å². The summed E-state index contributed by atoms with van der Waals surface area (Å²) in [7, 11) is 1.55. The minimum Gasteiger partial charge on any atom is -0.493 e. The Hall–Kier alpha value is -3.89. The summed E-state index contributed by atoms with van der Waals surface area (Å²) >= 11 is 3.52. The molecule has 0 unspecified atom stereocenters. The molecule has 0 aliphatic rings. The van der Waals surface area contributed by atoms with Crippen LogP contribution in [0.4, 0.5) is 4.79 Å². The maximum Gasteiger partial charge on any atom is 0.408 e. The highest BCUT2D eigenvalue weighted by Gasteiger charge is 2.24. The molecule has 0 saturated carbocycles. The van der Waals surface area contributed by atoms with Gasteiger partial charge in [-0.1, -0.05) is 60.7 Å². The van der Waals surface area contributed by atoms with Crippen molar-refractivity contribution in [2.45, 2.75) is 45.6 Å². The predicted molar refractivity (Wildman–Crippen MR) is 156 cm³/mol. The Morgan fingerprint density at radius 1 is 0.950 bits per heavy atom. The van der Waals surface area contributed by atoms with Gasteiger partial charge >= 0.3 is 6.09 Å². The van der Waals surface area contributed by atoms with Crippen molar-refractivity contribution in [3.8, 4) is 11.5 Å². The van der Waals surface area contributed by atoms with Crippen molar-refractivity contribution in [1.82, 2.24) is 10.7 Å². The zero-order valence-electron chi connectivity index (χ0n) is 23.0. The number of rotatable bonds is 12. The second-order valence-electron chi connectivity index (χ2n) is 9.73. The van der Waals surface area contributed by atoms with Crippen LogP contribution in [0, 0.1) is 0 Å². The molecule has 2 N–H and O–H groups in total. The first-order valence-electron chi connectivity index (χ1n) is 12.6. The number of carbonyl (C=O) groups is 2. The number of carbonyl (C=O) groups excluding carboxylic acids is 2. The smallest absolute Gasteiger partial charge is 0.408 e. The van der Waals surface area contributed by atoms with E-state index in [1.165, 1.54) is 6.21 Å². The highest BCUT2D eigenvalue weighted by molar-refractivity contribution is 9.10. The van der Waals surface area contributed by atoms with Gasteiger partial charge in [0.15, 0.2) is 11.5 Å². The number of ether oxygens (including phenoxy) is 4. The third kappa shape index (κ3) is 10.3. The molecule has 3 aromatic carbocycles. The molecule has 0 fully saturated rings. The molecule has 3 rings (SSSR count). The van der Waals surface area contributed by atoms with E-state index in [0.717, 1.165) is 11.1 Å². The number of nitrogens with one attached hydrogen (secondary N) is 2. The Balaban J connectivity index is 1.64. The first kappa shape index (κ1) is 30.6. The largest absolute Gasteiger partial charge is 0.493 e.